The number of carbonyl (C=O) groups is 1. The number of piperidine rings is 1. The van der Waals surface area contributed by atoms with E-state index in [1.165, 1.54) is 0 Å². The number of amides is 1. The summed E-state index contributed by atoms with van der Waals surface area (Å²) in [7, 11) is 0. The van der Waals surface area contributed by atoms with Crippen LogP contribution in [-0.2, 0) is 13.1 Å². The maximum atomic E-state index is 12.8. The van der Waals surface area contributed by atoms with Crippen molar-refractivity contribution in [2.45, 2.75) is 38.8 Å². The van der Waals surface area contributed by atoms with Gasteiger partial charge in [-0.3, -0.25) is 14.3 Å². The van der Waals surface area contributed by atoms with Crippen molar-refractivity contribution < 1.29 is 4.79 Å². The Morgan fingerprint density at radius 2 is 1.90 bits per heavy atom. The van der Waals surface area contributed by atoms with E-state index in [9.17, 15) is 9.59 Å². The van der Waals surface area contributed by atoms with E-state index in [1.54, 1.807) is 27.7 Å². The van der Waals surface area contributed by atoms with Crippen LogP contribution in [0.15, 0.2) is 58.1 Å². The molecule has 0 unspecified atom stereocenters. The lowest BCUT2D eigenvalue weighted by Gasteiger charge is -2.31. The van der Waals surface area contributed by atoms with E-state index in [-0.39, 0.29) is 17.5 Å². The molecule has 1 aliphatic rings. The molecule has 1 amide bonds. The Balaban J connectivity index is 1.48. The number of hydrogen-bond acceptors (Lipinski definition) is 4. The molecule has 1 aliphatic heterocycles. The van der Waals surface area contributed by atoms with Crippen LogP contribution in [0.2, 0.25) is 0 Å². The highest BCUT2D eigenvalue weighted by Crippen LogP contribution is 2.27. The van der Waals surface area contributed by atoms with Crippen LogP contribution in [0.5, 0.6) is 0 Å². The van der Waals surface area contributed by atoms with Gasteiger partial charge >= 0.3 is 5.69 Å². The van der Waals surface area contributed by atoms with Crippen molar-refractivity contribution in [2.24, 2.45) is 0 Å². The molecule has 1 fully saturated rings. The minimum atomic E-state index is -0.0740. The van der Waals surface area contributed by atoms with Crippen LogP contribution in [-0.4, -0.2) is 43.2 Å². The number of aromatic nitrogens is 4. The first-order valence-corrected chi connectivity index (χ1v) is 11.0. The molecule has 2 aromatic heterocycles. The number of hydrogen-bond donors (Lipinski definition) is 0. The highest BCUT2D eigenvalue weighted by Gasteiger charge is 2.29. The van der Waals surface area contributed by atoms with Gasteiger partial charge in [-0.05, 0) is 47.3 Å². The fourth-order valence-corrected chi connectivity index (χ4v) is 4.33. The van der Waals surface area contributed by atoms with E-state index in [2.05, 4.69) is 26.0 Å². The molecule has 0 bridgehead atoms. The number of carbonyl (C=O) groups excluding carboxylic acids is 1. The summed E-state index contributed by atoms with van der Waals surface area (Å²) in [5.41, 5.74) is 1.56. The summed E-state index contributed by atoms with van der Waals surface area (Å²) in [5, 5.41) is 4.69. The Labute approximate surface area is 183 Å². The highest BCUT2D eigenvalue weighted by molar-refractivity contribution is 9.10. The quantitative estimate of drug-likeness (QED) is 0.574. The Morgan fingerprint density at radius 1 is 1.17 bits per heavy atom. The number of rotatable bonds is 5. The zero-order valence-corrected chi connectivity index (χ0v) is 18.5. The summed E-state index contributed by atoms with van der Waals surface area (Å²) in [6, 6.07) is 11.7. The van der Waals surface area contributed by atoms with Crippen molar-refractivity contribution >= 4 is 21.8 Å². The number of nitrogens with zero attached hydrogens (tertiary/aromatic N) is 5. The molecule has 0 N–H and O–H groups in total. The van der Waals surface area contributed by atoms with Crippen molar-refractivity contribution in [1.82, 2.24) is 24.2 Å². The monoisotopic (exact) mass is 469 g/mol. The van der Waals surface area contributed by atoms with Gasteiger partial charge in [-0.15, -0.1) is 0 Å². The van der Waals surface area contributed by atoms with Crippen molar-refractivity contribution in [3.8, 4) is 0 Å². The second kappa shape index (κ2) is 8.95. The zero-order valence-electron chi connectivity index (χ0n) is 16.9. The average molecular weight is 470 g/mol. The summed E-state index contributed by atoms with van der Waals surface area (Å²) < 4.78 is 4.11. The van der Waals surface area contributed by atoms with Crippen LogP contribution >= 0.6 is 15.9 Å². The maximum Gasteiger partial charge on any atom is 0.346 e. The third-order valence-corrected chi connectivity index (χ3v) is 5.98. The van der Waals surface area contributed by atoms with Gasteiger partial charge in [0.1, 0.15) is 5.82 Å². The van der Waals surface area contributed by atoms with Gasteiger partial charge in [0.05, 0.1) is 12.1 Å². The largest absolute Gasteiger partial charge is 0.346 e. The van der Waals surface area contributed by atoms with Crippen LogP contribution in [0, 0.1) is 0 Å². The van der Waals surface area contributed by atoms with E-state index in [4.69, 9.17) is 0 Å². The lowest BCUT2D eigenvalue weighted by molar-refractivity contribution is 0.0709. The molecule has 1 aromatic carbocycles. The minimum absolute atomic E-state index is 0.00950. The molecule has 0 atom stereocenters. The molecule has 0 saturated carbocycles. The van der Waals surface area contributed by atoms with E-state index in [0.717, 1.165) is 28.7 Å². The van der Waals surface area contributed by atoms with E-state index in [0.29, 0.717) is 31.7 Å². The van der Waals surface area contributed by atoms with E-state index < -0.39 is 0 Å². The van der Waals surface area contributed by atoms with Crippen molar-refractivity contribution in [3.63, 3.8) is 0 Å². The third-order valence-electron chi connectivity index (χ3n) is 5.54. The molecular formula is C22H24BrN5O2. The van der Waals surface area contributed by atoms with Gasteiger partial charge in [0, 0.05) is 42.4 Å². The number of pyridine rings is 1. The number of benzene rings is 1. The van der Waals surface area contributed by atoms with Crippen molar-refractivity contribution in [1.29, 1.82) is 0 Å². The second-order valence-corrected chi connectivity index (χ2v) is 8.40. The minimum Gasteiger partial charge on any atom is -0.339 e. The van der Waals surface area contributed by atoms with Crippen LogP contribution in [0.3, 0.4) is 0 Å². The second-order valence-electron chi connectivity index (χ2n) is 7.49. The fourth-order valence-electron chi connectivity index (χ4n) is 3.97. The highest BCUT2D eigenvalue weighted by atomic mass is 79.9. The molecule has 1 saturated heterocycles. The first kappa shape index (κ1) is 20.5. The first-order valence-electron chi connectivity index (χ1n) is 10.2. The molecule has 7 nitrogen and oxygen atoms in total. The molecule has 4 rings (SSSR count). The summed E-state index contributed by atoms with van der Waals surface area (Å²) in [5.74, 6) is 0.985. The molecule has 0 spiro atoms. The fraction of sp³-hybridized carbons (Fsp3) is 0.364. The predicted octanol–water partition coefficient (Wildman–Crippen LogP) is 3.29. The topological polar surface area (TPSA) is 73.0 Å². The molecule has 0 aliphatic carbocycles. The van der Waals surface area contributed by atoms with Crippen LogP contribution in [0.1, 0.15) is 47.4 Å². The SMILES string of the molecule is CCn1c(C2CCN(C(=O)c3cncc(Br)c3)CC2)nn(Cc2ccccc2)c1=O. The molecule has 30 heavy (non-hydrogen) atoms. The summed E-state index contributed by atoms with van der Waals surface area (Å²) in [6.07, 6.45) is 4.84. The smallest absolute Gasteiger partial charge is 0.339 e. The van der Waals surface area contributed by atoms with Gasteiger partial charge < -0.3 is 4.90 Å². The molecule has 156 valence electrons. The van der Waals surface area contributed by atoms with E-state index >= 15 is 0 Å². The lowest BCUT2D eigenvalue weighted by atomic mass is 9.95. The van der Waals surface area contributed by atoms with Gasteiger partial charge in [0.15, 0.2) is 0 Å². The Morgan fingerprint density at radius 3 is 2.57 bits per heavy atom. The standard InChI is InChI=1S/C22H24BrN5O2/c1-2-27-20(25-28(22(27)30)15-16-6-4-3-5-7-16)17-8-10-26(11-9-17)21(29)18-12-19(23)14-24-13-18/h3-7,12-14,17H,2,8-11,15H2,1H3. The van der Waals surface area contributed by atoms with Crippen LogP contribution < -0.4 is 5.69 Å². The van der Waals surface area contributed by atoms with Crippen molar-refractivity contribution in [2.75, 3.05) is 13.1 Å². The van der Waals surface area contributed by atoms with Crippen molar-refractivity contribution in [3.05, 3.63) is 80.7 Å². The zero-order chi connectivity index (χ0) is 21.1. The Kier molecular flexibility index (Phi) is 6.13. The lowest BCUT2D eigenvalue weighted by Crippen LogP contribution is -2.38. The molecular weight excluding hydrogens is 446 g/mol. The summed E-state index contributed by atoms with van der Waals surface area (Å²) in [6.45, 7) is 4.30. The van der Waals surface area contributed by atoms with Gasteiger partial charge in [-0.2, -0.15) is 5.10 Å². The molecule has 3 heterocycles. The average Bonchev–Trinajstić information content (AvgIpc) is 3.09. The third kappa shape index (κ3) is 4.23. The van der Waals surface area contributed by atoms with Gasteiger partial charge in [-0.25, -0.2) is 9.48 Å². The summed E-state index contributed by atoms with van der Waals surface area (Å²) >= 11 is 3.37. The molecule has 3 aromatic rings. The maximum absolute atomic E-state index is 12.8. The van der Waals surface area contributed by atoms with E-state index in [1.807, 2.05) is 42.2 Å². The van der Waals surface area contributed by atoms with Gasteiger partial charge in [0.2, 0.25) is 0 Å². The number of halogens is 1. The van der Waals surface area contributed by atoms with Gasteiger partial charge in [0.25, 0.3) is 5.91 Å². The van der Waals surface area contributed by atoms with Crippen LogP contribution in [0.4, 0.5) is 0 Å². The normalized spacial score (nSPS) is 14.8. The van der Waals surface area contributed by atoms with Crippen LogP contribution in [0.25, 0.3) is 0 Å². The molecule has 0 radical (unpaired) electrons. The summed E-state index contributed by atoms with van der Waals surface area (Å²) in [4.78, 5) is 31.6. The first-order chi connectivity index (χ1) is 14.6. The van der Waals surface area contributed by atoms with Gasteiger partial charge in [-0.1, -0.05) is 30.3 Å². The number of likely N-dealkylation sites (tertiary alicyclic amines) is 1. The Hall–Kier alpha value is -2.74. The predicted molar refractivity (Wildman–Crippen MR) is 118 cm³/mol. The molecule has 8 heteroatoms. The Bertz CT molecular complexity index is 1080.